The Morgan fingerprint density at radius 2 is 1.91 bits per heavy atom. The Bertz CT molecular complexity index is 1120. The van der Waals surface area contributed by atoms with Crippen LogP contribution < -0.4 is 10.0 Å². The van der Waals surface area contributed by atoms with Crippen LogP contribution in [0.15, 0.2) is 47.4 Å². The second kappa shape index (κ2) is 11.4. The minimum Gasteiger partial charge on any atom is -0.352 e. The van der Waals surface area contributed by atoms with Gasteiger partial charge < -0.3 is 10.2 Å². The second-order valence-electron chi connectivity index (χ2n) is 8.90. The number of anilines is 1. The second-order valence-corrected chi connectivity index (χ2v) is 10.6. The predicted octanol–water partition coefficient (Wildman–Crippen LogP) is 3.95. The van der Waals surface area contributed by atoms with Gasteiger partial charge in [-0.15, -0.1) is 0 Å². The Morgan fingerprint density at radius 1 is 1.18 bits per heavy atom. The van der Waals surface area contributed by atoms with Gasteiger partial charge in [0.15, 0.2) is 0 Å². The Hall–Kier alpha value is -2.98. The van der Waals surface area contributed by atoms with Crippen molar-refractivity contribution < 1.29 is 18.1 Å². The monoisotopic (exact) mass is 488 g/mol. The molecule has 0 aliphatic carbocycles. The van der Waals surface area contributed by atoms with Crippen LogP contribution in [0.4, 0.5) is 11.4 Å². The lowest BCUT2D eigenvalue weighted by Gasteiger charge is -2.30. The van der Waals surface area contributed by atoms with E-state index in [-0.39, 0.29) is 22.2 Å². The van der Waals surface area contributed by atoms with Gasteiger partial charge in [-0.1, -0.05) is 13.0 Å². The summed E-state index contributed by atoms with van der Waals surface area (Å²) in [5.74, 6) is 0.548. The first-order valence-corrected chi connectivity index (χ1v) is 13.0. The van der Waals surface area contributed by atoms with Crippen LogP contribution in [0.1, 0.15) is 48.5 Å². The van der Waals surface area contributed by atoms with Gasteiger partial charge in [-0.25, -0.2) is 8.42 Å². The molecule has 1 heterocycles. The van der Waals surface area contributed by atoms with E-state index in [0.717, 1.165) is 44.5 Å². The topological polar surface area (TPSA) is 122 Å². The van der Waals surface area contributed by atoms with E-state index in [4.69, 9.17) is 0 Å². The number of nitro groups is 1. The van der Waals surface area contributed by atoms with Gasteiger partial charge in [-0.05, 0) is 81.9 Å². The number of hydrogen-bond acceptors (Lipinski definition) is 6. The van der Waals surface area contributed by atoms with Gasteiger partial charge in [-0.3, -0.25) is 19.6 Å². The van der Waals surface area contributed by atoms with E-state index >= 15 is 0 Å². The Morgan fingerprint density at radius 3 is 2.59 bits per heavy atom. The molecule has 2 N–H and O–H groups in total. The average Bonchev–Trinajstić information content (AvgIpc) is 2.79. The Balaban J connectivity index is 1.49. The minimum atomic E-state index is -4.01. The molecular weight excluding hydrogens is 456 g/mol. The van der Waals surface area contributed by atoms with Gasteiger partial charge in [-0.2, -0.15) is 0 Å². The molecule has 3 rings (SSSR count). The molecule has 1 unspecified atom stereocenters. The van der Waals surface area contributed by atoms with Crippen molar-refractivity contribution in [1.82, 2.24) is 10.2 Å². The smallest absolute Gasteiger partial charge is 0.273 e. The highest BCUT2D eigenvalue weighted by Gasteiger charge is 2.20. The highest BCUT2D eigenvalue weighted by molar-refractivity contribution is 7.92. The van der Waals surface area contributed by atoms with E-state index < -0.39 is 14.9 Å². The Labute approximate surface area is 200 Å². The van der Waals surface area contributed by atoms with Crippen LogP contribution in [0.5, 0.6) is 0 Å². The number of carbonyl (C=O) groups is 1. The predicted molar refractivity (Wildman–Crippen MR) is 131 cm³/mol. The molecule has 184 valence electrons. The molecule has 1 fully saturated rings. The number of rotatable bonds is 10. The van der Waals surface area contributed by atoms with Crippen LogP contribution in [0.3, 0.4) is 0 Å². The lowest BCUT2D eigenvalue weighted by atomic mass is 10.0. The normalized spacial score (nSPS) is 16.7. The summed E-state index contributed by atoms with van der Waals surface area (Å²) >= 11 is 0. The molecule has 2 aromatic rings. The molecule has 1 atom stereocenters. The first-order valence-electron chi connectivity index (χ1n) is 11.5. The summed E-state index contributed by atoms with van der Waals surface area (Å²) in [6, 6.07) is 9.82. The molecule has 34 heavy (non-hydrogen) atoms. The zero-order valence-electron chi connectivity index (χ0n) is 19.6. The SMILES string of the molecule is Cc1ccc(S(=O)(=O)Nc2ccc(C(=O)NCCCCN3CCCC(C)C3)cc2)cc1[N+](=O)[O-]. The zero-order valence-corrected chi connectivity index (χ0v) is 20.4. The number of nitro benzene ring substituents is 1. The van der Waals surface area contributed by atoms with E-state index in [1.165, 1.54) is 37.1 Å². The largest absolute Gasteiger partial charge is 0.352 e. The minimum absolute atomic E-state index is 0.203. The van der Waals surface area contributed by atoms with Gasteiger partial charge >= 0.3 is 0 Å². The lowest BCUT2D eigenvalue weighted by Crippen LogP contribution is -2.35. The number of unbranched alkanes of at least 4 members (excludes halogenated alkanes) is 1. The number of amides is 1. The third-order valence-electron chi connectivity index (χ3n) is 6.01. The molecule has 1 aliphatic heterocycles. The number of nitrogens with zero attached hydrogens (tertiary/aromatic N) is 2. The molecular formula is C24H32N4O5S. The Kier molecular flexibility index (Phi) is 8.62. The highest BCUT2D eigenvalue weighted by atomic mass is 32.2. The van der Waals surface area contributed by atoms with Gasteiger partial charge in [0, 0.05) is 36.0 Å². The fraction of sp³-hybridized carbons (Fsp3) is 0.458. The molecule has 0 bridgehead atoms. The number of hydrogen-bond donors (Lipinski definition) is 2. The summed E-state index contributed by atoms with van der Waals surface area (Å²) in [5, 5.41) is 14.0. The summed E-state index contributed by atoms with van der Waals surface area (Å²) in [6.45, 7) is 7.79. The first kappa shape index (κ1) is 25.6. The van der Waals surface area contributed by atoms with Crippen molar-refractivity contribution in [2.45, 2.75) is 44.4 Å². The highest BCUT2D eigenvalue weighted by Crippen LogP contribution is 2.24. The van der Waals surface area contributed by atoms with Crippen molar-refractivity contribution in [3.05, 3.63) is 63.7 Å². The maximum absolute atomic E-state index is 12.6. The van der Waals surface area contributed by atoms with Crippen molar-refractivity contribution in [2.75, 3.05) is 30.9 Å². The zero-order chi connectivity index (χ0) is 24.7. The average molecular weight is 489 g/mol. The van der Waals surface area contributed by atoms with Crippen LogP contribution in [0.2, 0.25) is 0 Å². The molecule has 0 aromatic heterocycles. The fourth-order valence-electron chi connectivity index (χ4n) is 4.11. The summed E-state index contributed by atoms with van der Waals surface area (Å²) in [7, 11) is -4.01. The number of carbonyl (C=O) groups excluding carboxylic acids is 1. The molecule has 2 aromatic carbocycles. The van der Waals surface area contributed by atoms with E-state index in [1.54, 1.807) is 19.1 Å². The fourth-order valence-corrected chi connectivity index (χ4v) is 5.19. The van der Waals surface area contributed by atoms with E-state index in [9.17, 15) is 23.3 Å². The maximum Gasteiger partial charge on any atom is 0.273 e. The van der Waals surface area contributed by atoms with Crippen molar-refractivity contribution in [1.29, 1.82) is 0 Å². The molecule has 0 spiro atoms. The number of aryl methyl sites for hydroxylation is 1. The van der Waals surface area contributed by atoms with Crippen LogP contribution in [0, 0.1) is 23.0 Å². The number of likely N-dealkylation sites (tertiary alicyclic amines) is 1. The molecule has 0 radical (unpaired) electrons. The first-order chi connectivity index (χ1) is 16.2. The lowest BCUT2D eigenvalue weighted by molar-refractivity contribution is -0.385. The van der Waals surface area contributed by atoms with Crippen molar-refractivity contribution in [3.8, 4) is 0 Å². The van der Waals surface area contributed by atoms with Crippen LogP contribution in [-0.2, 0) is 10.0 Å². The number of sulfonamides is 1. The summed E-state index contributed by atoms with van der Waals surface area (Å²) in [5.41, 5.74) is 0.801. The van der Waals surface area contributed by atoms with E-state index in [1.807, 2.05) is 0 Å². The molecule has 1 saturated heterocycles. The molecule has 1 aliphatic rings. The third-order valence-corrected chi connectivity index (χ3v) is 7.39. The van der Waals surface area contributed by atoms with Gasteiger partial charge in [0.05, 0.1) is 9.82 Å². The van der Waals surface area contributed by atoms with Crippen LogP contribution >= 0.6 is 0 Å². The number of benzene rings is 2. The van der Waals surface area contributed by atoms with Crippen LogP contribution in [0.25, 0.3) is 0 Å². The standard InChI is InChI=1S/C24H32N4O5S/c1-18-6-5-15-27(17-18)14-4-3-13-25-24(29)20-8-10-21(11-9-20)26-34(32,33)22-12-7-19(2)23(16-22)28(30)31/h7-12,16,18,26H,3-6,13-15,17H2,1-2H3,(H,25,29). The van der Waals surface area contributed by atoms with E-state index in [0.29, 0.717) is 17.7 Å². The summed E-state index contributed by atoms with van der Waals surface area (Å²) in [4.78, 5) is 25.2. The maximum atomic E-state index is 12.6. The van der Waals surface area contributed by atoms with Crippen molar-refractivity contribution >= 4 is 27.3 Å². The third kappa shape index (κ3) is 7.01. The number of piperidine rings is 1. The van der Waals surface area contributed by atoms with Gasteiger partial charge in [0.25, 0.3) is 21.6 Å². The van der Waals surface area contributed by atoms with Gasteiger partial charge in [0.2, 0.25) is 0 Å². The van der Waals surface area contributed by atoms with Crippen LogP contribution in [-0.4, -0.2) is 50.3 Å². The molecule has 10 heteroatoms. The number of nitrogens with one attached hydrogen (secondary N) is 2. The molecule has 0 saturated carbocycles. The molecule has 1 amide bonds. The summed E-state index contributed by atoms with van der Waals surface area (Å²) in [6.07, 6.45) is 4.50. The summed E-state index contributed by atoms with van der Waals surface area (Å²) < 4.78 is 27.6. The quantitative estimate of drug-likeness (QED) is 0.297. The molecule has 9 nitrogen and oxygen atoms in total. The van der Waals surface area contributed by atoms with Crippen molar-refractivity contribution in [2.24, 2.45) is 5.92 Å². The van der Waals surface area contributed by atoms with Gasteiger partial charge in [0.1, 0.15) is 0 Å². The van der Waals surface area contributed by atoms with E-state index in [2.05, 4.69) is 21.9 Å². The van der Waals surface area contributed by atoms with Crippen molar-refractivity contribution in [3.63, 3.8) is 0 Å².